The number of amides is 1. The van der Waals surface area contributed by atoms with Gasteiger partial charge < -0.3 is 10.2 Å². The summed E-state index contributed by atoms with van der Waals surface area (Å²) in [7, 11) is 3.66. The van der Waals surface area contributed by atoms with Crippen molar-refractivity contribution in [3.8, 4) is 0 Å². The van der Waals surface area contributed by atoms with Gasteiger partial charge in [0.25, 0.3) is 5.91 Å². The molecule has 2 aromatic carbocycles. The van der Waals surface area contributed by atoms with Crippen LogP contribution in [0, 0.1) is 0 Å². The number of nitrogens with zero attached hydrogens (tertiary/aromatic N) is 1. The molecular weight excluding hydrogens is 280 g/mol. The molecule has 0 atom stereocenters. The van der Waals surface area contributed by atoms with E-state index < -0.39 is 0 Å². The summed E-state index contributed by atoms with van der Waals surface area (Å²) in [6.45, 7) is 0.603. The molecule has 2 rings (SSSR count). The zero-order valence-corrected chi connectivity index (χ0v) is 13.4. The van der Waals surface area contributed by atoms with Crippen molar-refractivity contribution in [3.05, 3.63) is 59.7 Å². The lowest BCUT2D eigenvalue weighted by molar-refractivity contribution is 0.0786. The number of anilines is 1. The highest BCUT2D eigenvalue weighted by atomic mass is 32.2. The van der Waals surface area contributed by atoms with Crippen molar-refractivity contribution < 1.29 is 4.79 Å². The number of rotatable bonds is 5. The van der Waals surface area contributed by atoms with Crippen LogP contribution in [0.25, 0.3) is 0 Å². The van der Waals surface area contributed by atoms with Gasteiger partial charge in [-0.2, -0.15) is 0 Å². The van der Waals surface area contributed by atoms with Crippen LogP contribution in [0.15, 0.2) is 53.4 Å². The lowest BCUT2D eigenvalue weighted by atomic mass is 10.1. The van der Waals surface area contributed by atoms with Crippen molar-refractivity contribution in [2.45, 2.75) is 11.4 Å². The van der Waals surface area contributed by atoms with Crippen LogP contribution in [-0.4, -0.2) is 31.2 Å². The number of carbonyl (C=O) groups excluding carboxylic acids is 1. The van der Waals surface area contributed by atoms with Crippen LogP contribution in [0.2, 0.25) is 0 Å². The van der Waals surface area contributed by atoms with Gasteiger partial charge in [0.15, 0.2) is 0 Å². The van der Waals surface area contributed by atoms with E-state index in [0.717, 1.165) is 11.3 Å². The molecule has 0 bridgehead atoms. The Kier molecular flexibility index (Phi) is 5.28. The third-order valence-electron chi connectivity index (χ3n) is 3.35. The molecule has 0 radical (unpaired) electrons. The molecule has 0 fully saturated rings. The molecular formula is C17H20N2OS. The van der Waals surface area contributed by atoms with E-state index in [1.54, 1.807) is 16.7 Å². The van der Waals surface area contributed by atoms with Gasteiger partial charge in [-0.25, -0.2) is 0 Å². The van der Waals surface area contributed by atoms with Crippen molar-refractivity contribution in [2.75, 3.05) is 25.7 Å². The highest BCUT2D eigenvalue weighted by molar-refractivity contribution is 7.98. The van der Waals surface area contributed by atoms with E-state index in [1.807, 2.05) is 38.4 Å². The minimum Gasteiger partial charge on any atom is -0.387 e. The van der Waals surface area contributed by atoms with Gasteiger partial charge in [-0.1, -0.05) is 24.3 Å². The number of hydrogen-bond donors (Lipinski definition) is 1. The molecule has 0 aromatic heterocycles. The number of benzene rings is 2. The highest BCUT2D eigenvalue weighted by Crippen LogP contribution is 2.19. The lowest BCUT2D eigenvalue weighted by Crippen LogP contribution is -2.26. The number of thioether (sulfide) groups is 1. The van der Waals surface area contributed by atoms with E-state index in [2.05, 4.69) is 35.8 Å². The average Bonchev–Trinajstić information content (AvgIpc) is 2.54. The lowest BCUT2D eigenvalue weighted by Gasteiger charge is -2.19. The van der Waals surface area contributed by atoms with Gasteiger partial charge in [0, 0.05) is 31.2 Å². The van der Waals surface area contributed by atoms with Crippen molar-refractivity contribution in [1.82, 2.24) is 4.90 Å². The molecule has 0 unspecified atom stereocenters. The number of nitrogens with one attached hydrogen (secondary N) is 1. The summed E-state index contributed by atoms with van der Waals surface area (Å²) in [6, 6.07) is 15.9. The molecule has 1 N–H and O–H groups in total. The minimum atomic E-state index is 0.0221. The van der Waals surface area contributed by atoms with Crippen LogP contribution in [0.4, 0.5) is 5.69 Å². The first-order valence-electron chi connectivity index (χ1n) is 6.81. The molecule has 1 amide bonds. The Hall–Kier alpha value is -1.94. The number of carbonyl (C=O) groups is 1. The Bertz CT molecular complexity index is 610. The van der Waals surface area contributed by atoms with Crippen molar-refractivity contribution in [2.24, 2.45) is 0 Å². The van der Waals surface area contributed by atoms with Crippen LogP contribution in [0.3, 0.4) is 0 Å². The largest absolute Gasteiger partial charge is 0.387 e. The van der Waals surface area contributed by atoms with Crippen molar-refractivity contribution >= 4 is 23.4 Å². The normalized spacial score (nSPS) is 10.2. The van der Waals surface area contributed by atoms with Gasteiger partial charge in [0.1, 0.15) is 0 Å². The van der Waals surface area contributed by atoms with Gasteiger partial charge in [-0.05, 0) is 36.1 Å². The summed E-state index contributed by atoms with van der Waals surface area (Å²) in [5.74, 6) is 0.0221. The molecule has 3 nitrogen and oxygen atoms in total. The maximum Gasteiger partial charge on any atom is 0.255 e. The van der Waals surface area contributed by atoms with E-state index in [0.29, 0.717) is 12.1 Å². The highest BCUT2D eigenvalue weighted by Gasteiger charge is 2.15. The van der Waals surface area contributed by atoms with Crippen LogP contribution in [-0.2, 0) is 6.54 Å². The fraction of sp³-hybridized carbons (Fsp3) is 0.235. The summed E-state index contributed by atoms with van der Waals surface area (Å²) in [5.41, 5.74) is 2.68. The Balaban J connectivity index is 2.11. The van der Waals surface area contributed by atoms with E-state index in [1.165, 1.54) is 4.90 Å². The third-order valence-corrected chi connectivity index (χ3v) is 4.10. The van der Waals surface area contributed by atoms with Crippen LogP contribution in [0.5, 0.6) is 0 Å². The molecule has 2 aromatic rings. The molecule has 0 aliphatic heterocycles. The van der Waals surface area contributed by atoms with Crippen LogP contribution < -0.4 is 5.32 Å². The number of para-hydroxylation sites is 1. The zero-order valence-electron chi connectivity index (χ0n) is 12.6. The van der Waals surface area contributed by atoms with Gasteiger partial charge in [-0.15, -0.1) is 11.8 Å². The second-order valence-corrected chi connectivity index (χ2v) is 5.68. The molecule has 0 saturated heterocycles. The monoisotopic (exact) mass is 300 g/mol. The molecule has 21 heavy (non-hydrogen) atoms. The van der Waals surface area contributed by atoms with Gasteiger partial charge in [0.2, 0.25) is 0 Å². The fourth-order valence-corrected chi connectivity index (χ4v) is 2.58. The van der Waals surface area contributed by atoms with Gasteiger partial charge in [0.05, 0.1) is 5.56 Å². The quantitative estimate of drug-likeness (QED) is 0.854. The number of hydrogen-bond acceptors (Lipinski definition) is 3. The molecule has 4 heteroatoms. The molecule has 110 valence electrons. The van der Waals surface area contributed by atoms with Gasteiger partial charge in [-0.3, -0.25) is 4.79 Å². The summed E-state index contributed by atoms with van der Waals surface area (Å²) < 4.78 is 0. The van der Waals surface area contributed by atoms with E-state index in [9.17, 15) is 4.79 Å². The zero-order chi connectivity index (χ0) is 15.2. The summed E-state index contributed by atoms with van der Waals surface area (Å²) >= 11 is 1.72. The maximum absolute atomic E-state index is 12.5. The predicted molar refractivity (Wildman–Crippen MR) is 90.0 cm³/mol. The van der Waals surface area contributed by atoms with Crippen LogP contribution in [0.1, 0.15) is 15.9 Å². The van der Waals surface area contributed by atoms with Crippen molar-refractivity contribution in [1.29, 1.82) is 0 Å². The van der Waals surface area contributed by atoms with Crippen molar-refractivity contribution in [3.63, 3.8) is 0 Å². The van der Waals surface area contributed by atoms with E-state index in [-0.39, 0.29) is 5.91 Å². The second kappa shape index (κ2) is 7.18. The smallest absolute Gasteiger partial charge is 0.255 e. The summed E-state index contributed by atoms with van der Waals surface area (Å²) in [4.78, 5) is 15.5. The Labute approximate surface area is 130 Å². The molecule has 0 heterocycles. The topological polar surface area (TPSA) is 32.3 Å². The molecule has 0 saturated carbocycles. The first kappa shape index (κ1) is 15.4. The Morgan fingerprint density at radius 2 is 1.81 bits per heavy atom. The Morgan fingerprint density at radius 3 is 2.43 bits per heavy atom. The predicted octanol–water partition coefficient (Wildman–Crippen LogP) is 3.72. The fourth-order valence-electron chi connectivity index (χ4n) is 2.17. The summed E-state index contributed by atoms with van der Waals surface area (Å²) in [6.07, 6.45) is 2.05. The Morgan fingerprint density at radius 1 is 1.14 bits per heavy atom. The second-order valence-electron chi connectivity index (χ2n) is 4.80. The first-order valence-corrected chi connectivity index (χ1v) is 8.03. The first-order chi connectivity index (χ1) is 10.2. The molecule has 0 spiro atoms. The summed E-state index contributed by atoms with van der Waals surface area (Å²) in [5, 5.41) is 3.06. The maximum atomic E-state index is 12.5. The third kappa shape index (κ3) is 3.79. The van der Waals surface area contributed by atoms with Crippen LogP contribution >= 0.6 is 11.8 Å². The van der Waals surface area contributed by atoms with E-state index in [4.69, 9.17) is 0 Å². The van der Waals surface area contributed by atoms with E-state index >= 15 is 0 Å². The molecule has 0 aliphatic rings. The average molecular weight is 300 g/mol. The van der Waals surface area contributed by atoms with Gasteiger partial charge >= 0.3 is 0 Å². The standard InChI is InChI=1S/C17H20N2OS/c1-18-16-7-5-4-6-15(16)17(20)19(2)12-13-8-10-14(21-3)11-9-13/h4-11,18H,12H2,1-3H3. The molecule has 0 aliphatic carbocycles. The minimum absolute atomic E-state index is 0.0221. The SMILES string of the molecule is CNc1ccccc1C(=O)N(C)Cc1ccc(SC)cc1.